The van der Waals surface area contributed by atoms with Gasteiger partial charge in [-0.2, -0.15) is 0 Å². The quantitative estimate of drug-likeness (QED) is 0.930. The molecule has 3 nitrogen and oxygen atoms in total. The Morgan fingerprint density at radius 1 is 0.950 bits per heavy atom. The number of phenols is 1. The fraction of sp³-hybridized carbons (Fsp3) is 0.294. The van der Waals surface area contributed by atoms with Gasteiger partial charge in [0.1, 0.15) is 5.75 Å². The van der Waals surface area contributed by atoms with Crippen molar-refractivity contribution in [3.63, 3.8) is 0 Å². The SMILES string of the molecule is Oc1cccc(CN2CCOCC2)c1-c1ccccc1. The Labute approximate surface area is 119 Å². The van der Waals surface area contributed by atoms with Crippen LogP contribution in [0.25, 0.3) is 11.1 Å². The van der Waals surface area contributed by atoms with E-state index < -0.39 is 0 Å². The van der Waals surface area contributed by atoms with Gasteiger partial charge in [-0.15, -0.1) is 0 Å². The molecule has 2 aromatic carbocycles. The average molecular weight is 269 g/mol. The summed E-state index contributed by atoms with van der Waals surface area (Å²) in [7, 11) is 0. The standard InChI is InChI=1S/C17H19NO2/c19-16-8-4-7-15(13-18-9-11-20-12-10-18)17(16)14-5-2-1-3-6-14/h1-8,19H,9-13H2. The maximum Gasteiger partial charge on any atom is 0.123 e. The second-order valence-electron chi connectivity index (χ2n) is 5.07. The van der Waals surface area contributed by atoms with Crippen molar-refractivity contribution in [1.29, 1.82) is 0 Å². The zero-order valence-corrected chi connectivity index (χ0v) is 11.5. The molecule has 1 aliphatic heterocycles. The van der Waals surface area contributed by atoms with Gasteiger partial charge in [0.25, 0.3) is 0 Å². The highest BCUT2D eigenvalue weighted by Gasteiger charge is 2.15. The van der Waals surface area contributed by atoms with Crippen molar-refractivity contribution in [2.24, 2.45) is 0 Å². The second kappa shape index (κ2) is 6.07. The fourth-order valence-corrected chi connectivity index (χ4v) is 2.66. The first-order valence-electron chi connectivity index (χ1n) is 7.01. The van der Waals surface area contributed by atoms with E-state index in [2.05, 4.69) is 11.0 Å². The molecule has 20 heavy (non-hydrogen) atoms. The lowest BCUT2D eigenvalue weighted by molar-refractivity contribution is 0.0342. The lowest BCUT2D eigenvalue weighted by Crippen LogP contribution is -2.35. The molecule has 0 atom stereocenters. The van der Waals surface area contributed by atoms with Crippen molar-refractivity contribution < 1.29 is 9.84 Å². The number of benzene rings is 2. The Bertz CT molecular complexity index is 562. The molecule has 3 heteroatoms. The molecule has 1 aliphatic rings. The van der Waals surface area contributed by atoms with Crippen LogP contribution in [-0.4, -0.2) is 36.3 Å². The summed E-state index contributed by atoms with van der Waals surface area (Å²) >= 11 is 0. The number of morpholine rings is 1. The van der Waals surface area contributed by atoms with Crippen LogP contribution in [0, 0.1) is 0 Å². The van der Waals surface area contributed by atoms with Crippen LogP contribution in [-0.2, 0) is 11.3 Å². The Morgan fingerprint density at radius 2 is 1.70 bits per heavy atom. The minimum Gasteiger partial charge on any atom is -0.507 e. The van der Waals surface area contributed by atoms with Crippen LogP contribution in [0.5, 0.6) is 5.75 Å². The minimum atomic E-state index is 0.349. The van der Waals surface area contributed by atoms with Gasteiger partial charge in [-0.1, -0.05) is 42.5 Å². The van der Waals surface area contributed by atoms with E-state index in [0.29, 0.717) is 5.75 Å². The van der Waals surface area contributed by atoms with Crippen molar-refractivity contribution in [2.45, 2.75) is 6.54 Å². The highest BCUT2D eigenvalue weighted by Crippen LogP contribution is 2.33. The number of hydrogen-bond acceptors (Lipinski definition) is 3. The molecule has 1 N–H and O–H groups in total. The van der Waals surface area contributed by atoms with Crippen LogP contribution in [0.4, 0.5) is 0 Å². The molecule has 0 amide bonds. The van der Waals surface area contributed by atoms with Crippen LogP contribution in [0.3, 0.4) is 0 Å². The van der Waals surface area contributed by atoms with Gasteiger partial charge >= 0.3 is 0 Å². The van der Waals surface area contributed by atoms with E-state index in [0.717, 1.165) is 49.5 Å². The normalized spacial score (nSPS) is 16.2. The molecule has 0 spiro atoms. The lowest BCUT2D eigenvalue weighted by atomic mass is 9.98. The Morgan fingerprint density at radius 3 is 2.45 bits per heavy atom. The fourth-order valence-electron chi connectivity index (χ4n) is 2.66. The first-order valence-corrected chi connectivity index (χ1v) is 7.01. The average Bonchev–Trinajstić information content (AvgIpc) is 2.49. The molecule has 0 unspecified atom stereocenters. The van der Waals surface area contributed by atoms with Gasteiger partial charge in [-0.05, 0) is 17.2 Å². The van der Waals surface area contributed by atoms with Crippen LogP contribution < -0.4 is 0 Å². The van der Waals surface area contributed by atoms with Gasteiger partial charge in [-0.25, -0.2) is 0 Å². The molecule has 0 saturated carbocycles. The third-order valence-electron chi connectivity index (χ3n) is 3.69. The summed E-state index contributed by atoms with van der Waals surface area (Å²) in [5.41, 5.74) is 3.17. The number of hydrogen-bond donors (Lipinski definition) is 1. The highest BCUT2D eigenvalue weighted by atomic mass is 16.5. The van der Waals surface area contributed by atoms with E-state index in [9.17, 15) is 5.11 Å². The molecular weight excluding hydrogens is 250 g/mol. The first kappa shape index (κ1) is 13.2. The summed E-state index contributed by atoms with van der Waals surface area (Å²) in [5, 5.41) is 10.2. The Balaban J connectivity index is 1.92. The van der Waals surface area contributed by atoms with E-state index >= 15 is 0 Å². The zero-order valence-electron chi connectivity index (χ0n) is 11.5. The van der Waals surface area contributed by atoms with E-state index in [-0.39, 0.29) is 0 Å². The molecule has 3 rings (SSSR count). The van der Waals surface area contributed by atoms with Gasteiger partial charge in [0.15, 0.2) is 0 Å². The van der Waals surface area contributed by atoms with Gasteiger partial charge in [-0.3, -0.25) is 4.90 Å². The number of ether oxygens (including phenoxy) is 1. The van der Waals surface area contributed by atoms with Gasteiger partial charge in [0.05, 0.1) is 13.2 Å². The number of rotatable bonds is 3. The molecular formula is C17H19NO2. The lowest BCUT2D eigenvalue weighted by Gasteiger charge is -2.27. The topological polar surface area (TPSA) is 32.7 Å². The Kier molecular flexibility index (Phi) is 4.00. The summed E-state index contributed by atoms with van der Waals surface area (Å²) in [6, 6.07) is 15.8. The summed E-state index contributed by atoms with van der Waals surface area (Å²) in [5.74, 6) is 0.349. The molecule has 0 bridgehead atoms. The van der Waals surface area contributed by atoms with Crippen molar-refractivity contribution in [2.75, 3.05) is 26.3 Å². The maximum absolute atomic E-state index is 10.2. The predicted molar refractivity (Wildman–Crippen MR) is 79.6 cm³/mol. The summed E-state index contributed by atoms with van der Waals surface area (Å²) in [4.78, 5) is 2.37. The van der Waals surface area contributed by atoms with Gasteiger partial charge in [0.2, 0.25) is 0 Å². The molecule has 0 aromatic heterocycles. The summed E-state index contributed by atoms with van der Waals surface area (Å²) in [6.45, 7) is 4.33. The predicted octanol–water partition coefficient (Wildman–Crippen LogP) is 2.89. The number of phenolic OH excluding ortho intramolecular Hbond substituents is 1. The van der Waals surface area contributed by atoms with E-state index in [1.54, 1.807) is 6.07 Å². The van der Waals surface area contributed by atoms with Crippen LogP contribution in [0.1, 0.15) is 5.56 Å². The van der Waals surface area contributed by atoms with Crippen LogP contribution in [0.2, 0.25) is 0 Å². The summed E-state index contributed by atoms with van der Waals surface area (Å²) < 4.78 is 5.38. The van der Waals surface area contributed by atoms with E-state index in [4.69, 9.17) is 4.74 Å². The van der Waals surface area contributed by atoms with Crippen molar-refractivity contribution >= 4 is 0 Å². The van der Waals surface area contributed by atoms with Crippen LogP contribution >= 0.6 is 0 Å². The minimum absolute atomic E-state index is 0.349. The first-order chi connectivity index (χ1) is 9.84. The zero-order chi connectivity index (χ0) is 13.8. The monoisotopic (exact) mass is 269 g/mol. The highest BCUT2D eigenvalue weighted by molar-refractivity contribution is 5.73. The van der Waals surface area contributed by atoms with E-state index in [1.165, 1.54) is 0 Å². The molecule has 1 heterocycles. The van der Waals surface area contributed by atoms with Crippen LogP contribution in [0.15, 0.2) is 48.5 Å². The Hall–Kier alpha value is -1.84. The number of aromatic hydroxyl groups is 1. The van der Waals surface area contributed by atoms with E-state index in [1.807, 2.05) is 36.4 Å². The number of nitrogens with zero attached hydrogens (tertiary/aromatic N) is 1. The molecule has 0 aliphatic carbocycles. The van der Waals surface area contributed by atoms with Crippen molar-refractivity contribution in [1.82, 2.24) is 4.90 Å². The third kappa shape index (κ3) is 2.84. The molecule has 1 fully saturated rings. The summed E-state index contributed by atoms with van der Waals surface area (Å²) in [6.07, 6.45) is 0. The third-order valence-corrected chi connectivity index (χ3v) is 3.69. The van der Waals surface area contributed by atoms with Gasteiger partial charge < -0.3 is 9.84 Å². The van der Waals surface area contributed by atoms with Crippen molar-refractivity contribution in [3.8, 4) is 16.9 Å². The molecule has 1 saturated heterocycles. The van der Waals surface area contributed by atoms with Crippen molar-refractivity contribution in [3.05, 3.63) is 54.1 Å². The maximum atomic E-state index is 10.2. The molecule has 0 radical (unpaired) electrons. The second-order valence-corrected chi connectivity index (χ2v) is 5.07. The molecule has 2 aromatic rings. The van der Waals surface area contributed by atoms with Gasteiger partial charge in [0, 0.05) is 25.2 Å². The molecule has 104 valence electrons. The largest absolute Gasteiger partial charge is 0.507 e. The smallest absolute Gasteiger partial charge is 0.123 e.